The van der Waals surface area contributed by atoms with Gasteiger partial charge in [-0.2, -0.15) is 5.26 Å². The standard InChI is InChI=1S/C15H12FNO2/c1-18-11-6-10(7-12(8-11)19-2)13-4-3-5-15(16)14(13)9-17/h3-8H,1-2H3. The molecule has 0 amide bonds. The number of halogens is 1. The Morgan fingerprint density at radius 2 is 1.68 bits per heavy atom. The van der Waals surface area contributed by atoms with E-state index in [9.17, 15) is 4.39 Å². The molecule has 0 saturated carbocycles. The van der Waals surface area contributed by atoms with Gasteiger partial charge in [0.05, 0.1) is 19.8 Å². The van der Waals surface area contributed by atoms with E-state index in [0.717, 1.165) is 0 Å². The van der Waals surface area contributed by atoms with Gasteiger partial charge in [-0.1, -0.05) is 12.1 Å². The van der Waals surface area contributed by atoms with Crippen molar-refractivity contribution >= 4 is 0 Å². The van der Waals surface area contributed by atoms with Crippen LogP contribution in [-0.4, -0.2) is 14.2 Å². The van der Waals surface area contributed by atoms with E-state index < -0.39 is 5.82 Å². The smallest absolute Gasteiger partial charge is 0.141 e. The highest BCUT2D eigenvalue weighted by molar-refractivity contribution is 5.73. The largest absolute Gasteiger partial charge is 0.497 e. The van der Waals surface area contributed by atoms with Crippen LogP contribution >= 0.6 is 0 Å². The van der Waals surface area contributed by atoms with Crippen molar-refractivity contribution in [2.45, 2.75) is 0 Å². The molecule has 3 nitrogen and oxygen atoms in total. The lowest BCUT2D eigenvalue weighted by Crippen LogP contribution is -1.92. The molecule has 0 radical (unpaired) electrons. The Morgan fingerprint density at radius 3 is 2.21 bits per heavy atom. The van der Waals surface area contributed by atoms with E-state index in [4.69, 9.17) is 14.7 Å². The SMILES string of the molecule is COc1cc(OC)cc(-c2cccc(F)c2C#N)c1. The van der Waals surface area contributed by atoms with Crippen molar-refractivity contribution in [1.82, 2.24) is 0 Å². The number of nitriles is 1. The minimum absolute atomic E-state index is 0.0119. The molecule has 96 valence electrons. The Hall–Kier alpha value is -2.54. The molecule has 0 N–H and O–H groups in total. The summed E-state index contributed by atoms with van der Waals surface area (Å²) in [5.74, 6) is 0.631. The summed E-state index contributed by atoms with van der Waals surface area (Å²) in [4.78, 5) is 0. The summed E-state index contributed by atoms with van der Waals surface area (Å²) < 4.78 is 23.9. The van der Waals surface area contributed by atoms with Gasteiger partial charge in [0, 0.05) is 11.6 Å². The molecule has 0 unspecified atom stereocenters. The molecule has 0 heterocycles. The third-order valence-corrected chi connectivity index (χ3v) is 2.79. The summed E-state index contributed by atoms with van der Waals surface area (Å²) in [6.45, 7) is 0. The van der Waals surface area contributed by atoms with Gasteiger partial charge in [-0.25, -0.2) is 4.39 Å². The average molecular weight is 257 g/mol. The first-order chi connectivity index (χ1) is 9.19. The van der Waals surface area contributed by atoms with E-state index >= 15 is 0 Å². The van der Waals surface area contributed by atoms with E-state index in [1.54, 1.807) is 30.3 Å². The lowest BCUT2D eigenvalue weighted by Gasteiger charge is -2.10. The second kappa shape index (κ2) is 5.40. The maximum absolute atomic E-state index is 13.6. The minimum atomic E-state index is -0.540. The number of benzene rings is 2. The molecule has 2 aromatic rings. The Balaban J connectivity index is 2.65. The van der Waals surface area contributed by atoms with Crippen LogP contribution in [0.2, 0.25) is 0 Å². The number of methoxy groups -OCH3 is 2. The van der Waals surface area contributed by atoms with Gasteiger partial charge in [-0.15, -0.1) is 0 Å². The van der Waals surface area contributed by atoms with E-state index in [2.05, 4.69) is 0 Å². The van der Waals surface area contributed by atoms with Crippen LogP contribution in [0.4, 0.5) is 4.39 Å². The molecule has 0 aromatic heterocycles. The lowest BCUT2D eigenvalue weighted by atomic mass is 9.99. The Bertz CT molecular complexity index is 625. The molecule has 2 aromatic carbocycles. The van der Waals surface area contributed by atoms with Crippen molar-refractivity contribution in [1.29, 1.82) is 5.26 Å². The summed E-state index contributed by atoms with van der Waals surface area (Å²) in [5.41, 5.74) is 1.20. The van der Waals surface area contributed by atoms with E-state index in [-0.39, 0.29) is 5.56 Å². The van der Waals surface area contributed by atoms with E-state index in [1.807, 2.05) is 6.07 Å². The number of nitrogens with zero attached hydrogens (tertiary/aromatic N) is 1. The molecule has 0 aliphatic heterocycles. The van der Waals surface area contributed by atoms with Crippen LogP contribution < -0.4 is 9.47 Å². The monoisotopic (exact) mass is 257 g/mol. The molecular formula is C15H12FNO2. The summed E-state index contributed by atoms with van der Waals surface area (Å²) in [7, 11) is 3.07. The molecule has 2 rings (SSSR count). The zero-order valence-electron chi connectivity index (χ0n) is 10.6. The molecule has 0 atom stereocenters. The van der Waals surface area contributed by atoms with Crippen molar-refractivity contribution in [3.05, 3.63) is 47.8 Å². The number of hydrogen-bond donors (Lipinski definition) is 0. The molecule has 19 heavy (non-hydrogen) atoms. The first-order valence-electron chi connectivity index (χ1n) is 5.61. The van der Waals surface area contributed by atoms with Gasteiger partial charge in [-0.05, 0) is 23.8 Å². The first kappa shape index (κ1) is 12.9. The predicted molar refractivity (Wildman–Crippen MR) is 69.7 cm³/mol. The van der Waals surface area contributed by atoms with Gasteiger partial charge < -0.3 is 9.47 Å². The third-order valence-electron chi connectivity index (χ3n) is 2.79. The second-order valence-electron chi connectivity index (χ2n) is 3.88. The lowest BCUT2D eigenvalue weighted by molar-refractivity contribution is 0.394. The highest BCUT2D eigenvalue weighted by Gasteiger charge is 2.11. The molecule has 0 saturated heterocycles. The maximum Gasteiger partial charge on any atom is 0.141 e. The molecule has 0 bridgehead atoms. The first-order valence-corrected chi connectivity index (χ1v) is 5.61. The highest BCUT2D eigenvalue weighted by Crippen LogP contribution is 2.32. The van der Waals surface area contributed by atoms with Crippen LogP contribution in [-0.2, 0) is 0 Å². The molecule has 0 fully saturated rings. The Kier molecular flexibility index (Phi) is 3.67. The zero-order chi connectivity index (χ0) is 13.8. The van der Waals surface area contributed by atoms with Crippen molar-refractivity contribution in [2.24, 2.45) is 0 Å². The van der Waals surface area contributed by atoms with Crippen LogP contribution in [0, 0.1) is 17.1 Å². The van der Waals surface area contributed by atoms with Crippen molar-refractivity contribution in [2.75, 3.05) is 14.2 Å². The van der Waals surface area contributed by atoms with Crippen molar-refractivity contribution in [3.63, 3.8) is 0 Å². The minimum Gasteiger partial charge on any atom is -0.497 e. The molecule has 0 aliphatic carbocycles. The summed E-state index contributed by atoms with van der Waals surface area (Å²) in [6, 6.07) is 11.6. The van der Waals surface area contributed by atoms with Crippen molar-refractivity contribution < 1.29 is 13.9 Å². The van der Waals surface area contributed by atoms with E-state index in [0.29, 0.717) is 22.6 Å². The fraction of sp³-hybridized carbons (Fsp3) is 0.133. The van der Waals surface area contributed by atoms with Crippen LogP contribution in [0.15, 0.2) is 36.4 Å². The topological polar surface area (TPSA) is 42.2 Å². The molecule has 0 spiro atoms. The van der Waals surface area contributed by atoms with Crippen LogP contribution in [0.3, 0.4) is 0 Å². The zero-order valence-corrected chi connectivity index (χ0v) is 10.6. The second-order valence-corrected chi connectivity index (χ2v) is 3.88. The Labute approximate surface area is 110 Å². The van der Waals surface area contributed by atoms with Crippen LogP contribution in [0.5, 0.6) is 11.5 Å². The Morgan fingerprint density at radius 1 is 1.05 bits per heavy atom. The van der Waals surface area contributed by atoms with Gasteiger partial charge in [-0.3, -0.25) is 0 Å². The van der Waals surface area contributed by atoms with Gasteiger partial charge in [0.1, 0.15) is 23.4 Å². The maximum atomic E-state index is 13.6. The van der Waals surface area contributed by atoms with Gasteiger partial charge in [0.15, 0.2) is 0 Å². The quantitative estimate of drug-likeness (QED) is 0.846. The highest BCUT2D eigenvalue weighted by atomic mass is 19.1. The normalized spacial score (nSPS) is 9.79. The van der Waals surface area contributed by atoms with Crippen LogP contribution in [0.1, 0.15) is 5.56 Å². The van der Waals surface area contributed by atoms with Crippen molar-refractivity contribution in [3.8, 4) is 28.7 Å². The van der Waals surface area contributed by atoms with Gasteiger partial charge in [0.2, 0.25) is 0 Å². The fourth-order valence-corrected chi connectivity index (χ4v) is 1.84. The molecule has 0 aliphatic rings. The van der Waals surface area contributed by atoms with Gasteiger partial charge in [0.25, 0.3) is 0 Å². The average Bonchev–Trinajstić information content (AvgIpc) is 2.46. The number of hydrogen-bond acceptors (Lipinski definition) is 3. The van der Waals surface area contributed by atoms with Gasteiger partial charge >= 0.3 is 0 Å². The predicted octanol–water partition coefficient (Wildman–Crippen LogP) is 3.38. The number of ether oxygens (including phenoxy) is 2. The summed E-state index contributed by atoms with van der Waals surface area (Å²) in [5, 5.41) is 9.06. The number of rotatable bonds is 3. The molecular weight excluding hydrogens is 245 g/mol. The van der Waals surface area contributed by atoms with Crippen LogP contribution in [0.25, 0.3) is 11.1 Å². The third kappa shape index (κ3) is 2.50. The summed E-state index contributed by atoms with van der Waals surface area (Å²) in [6.07, 6.45) is 0. The fourth-order valence-electron chi connectivity index (χ4n) is 1.84. The molecule has 4 heteroatoms. The van der Waals surface area contributed by atoms with E-state index in [1.165, 1.54) is 20.3 Å². The summed E-state index contributed by atoms with van der Waals surface area (Å²) >= 11 is 0.